The number of likely N-dealkylation sites (N-methyl/N-ethyl adjacent to an activating group) is 1. The molecule has 1 unspecified atom stereocenters. The summed E-state index contributed by atoms with van der Waals surface area (Å²) in [5.41, 5.74) is 2.89. The van der Waals surface area contributed by atoms with Gasteiger partial charge >= 0.3 is 6.03 Å². The summed E-state index contributed by atoms with van der Waals surface area (Å²) < 4.78 is 0. The molecule has 3 aliphatic rings. The third kappa shape index (κ3) is 4.34. The molecular formula is C24H36N4O2. The lowest BCUT2D eigenvalue weighted by atomic mass is 9.73. The van der Waals surface area contributed by atoms with Crippen LogP contribution in [0, 0.1) is 0 Å². The number of urea groups is 1. The first-order chi connectivity index (χ1) is 14.5. The lowest BCUT2D eigenvalue weighted by Gasteiger charge is -2.41. The smallest absolute Gasteiger partial charge is 0.319 e. The van der Waals surface area contributed by atoms with Crippen LogP contribution in [0.15, 0.2) is 24.3 Å². The van der Waals surface area contributed by atoms with Gasteiger partial charge in [0, 0.05) is 45.7 Å². The molecule has 1 aromatic rings. The standard InChI is InChI=1S/C24H36N4O2/c1-26(2)16-11-25-22(29)17-19-18-24(21-8-4-3-7-20(19)21)9-14-28(15-10-24)23(30)27-12-5-6-13-27/h3-4,7-8,19H,5-6,9-18H2,1-2H3,(H,25,29). The molecule has 0 radical (unpaired) electrons. The number of nitrogens with one attached hydrogen (secondary N) is 1. The van der Waals surface area contributed by atoms with Crippen LogP contribution in [-0.2, 0) is 10.2 Å². The first-order valence-corrected chi connectivity index (χ1v) is 11.5. The van der Waals surface area contributed by atoms with E-state index in [4.69, 9.17) is 0 Å². The van der Waals surface area contributed by atoms with E-state index in [-0.39, 0.29) is 23.3 Å². The normalized spacial score (nSPS) is 22.6. The van der Waals surface area contributed by atoms with Crippen molar-refractivity contribution in [1.29, 1.82) is 0 Å². The third-order valence-corrected chi connectivity index (χ3v) is 7.29. The van der Waals surface area contributed by atoms with Gasteiger partial charge in [-0.3, -0.25) is 4.79 Å². The molecule has 164 valence electrons. The second kappa shape index (κ2) is 8.96. The predicted molar refractivity (Wildman–Crippen MR) is 119 cm³/mol. The van der Waals surface area contributed by atoms with E-state index in [0.717, 1.165) is 64.8 Å². The van der Waals surface area contributed by atoms with Gasteiger partial charge in [0.05, 0.1) is 0 Å². The Morgan fingerprint density at radius 2 is 1.73 bits per heavy atom. The van der Waals surface area contributed by atoms with Crippen molar-refractivity contribution in [2.75, 3.05) is 53.4 Å². The van der Waals surface area contributed by atoms with Crippen LogP contribution in [0.4, 0.5) is 4.79 Å². The third-order valence-electron chi connectivity index (χ3n) is 7.29. The van der Waals surface area contributed by atoms with Gasteiger partial charge < -0.3 is 20.0 Å². The predicted octanol–water partition coefficient (Wildman–Crippen LogP) is 2.79. The molecule has 0 bridgehead atoms. The molecule has 1 spiro atoms. The van der Waals surface area contributed by atoms with Crippen LogP contribution >= 0.6 is 0 Å². The maximum atomic E-state index is 12.8. The Morgan fingerprint density at radius 1 is 1.07 bits per heavy atom. The Morgan fingerprint density at radius 3 is 2.43 bits per heavy atom. The number of hydrogen-bond acceptors (Lipinski definition) is 3. The van der Waals surface area contributed by atoms with Gasteiger partial charge in [0.25, 0.3) is 0 Å². The molecule has 2 fully saturated rings. The van der Waals surface area contributed by atoms with Crippen molar-refractivity contribution in [3.63, 3.8) is 0 Å². The van der Waals surface area contributed by atoms with Crippen LogP contribution < -0.4 is 5.32 Å². The molecule has 3 amide bonds. The van der Waals surface area contributed by atoms with Crippen LogP contribution in [0.25, 0.3) is 0 Å². The van der Waals surface area contributed by atoms with Crippen molar-refractivity contribution in [3.05, 3.63) is 35.4 Å². The number of benzene rings is 1. The zero-order chi connectivity index (χ0) is 21.1. The lowest BCUT2D eigenvalue weighted by Crippen LogP contribution is -2.49. The van der Waals surface area contributed by atoms with Crippen molar-refractivity contribution in [1.82, 2.24) is 20.0 Å². The maximum Gasteiger partial charge on any atom is 0.319 e. The summed E-state index contributed by atoms with van der Waals surface area (Å²) in [5.74, 6) is 0.428. The molecule has 30 heavy (non-hydrogen) atoms. The highest BCUT2D eigenvalue weighted by atomic mass is 16.2. The van der Waals surface area contributed by atoms with E-state index in [0.29, 0.717) is 13.0 Å². The van der Waals surface area contributed by atoms with E-state index in [9.17, 15) is 9.59 Å². The van der Waals surface area contributed by atoms with E-state index in [1.54, 1.807) is 0 Å². The summed E-state index contributed by atoms with van der Waals surface area (Å²) in [7, 11) is 4.04. The van der Waals surface area contributed by atoms with Crippen molar-refractivity contribution >= 4 is 11.9 Å². The Hall–Kier alpha value is -2.08. The summed E-state index contributed by atoms with van der Waals surface area (Å²) in [6.45, 7) is 5.02. The fourth-order valence-corrected chi connectivity index (χ4v) is 5.63. The highest BCUT2D eigenvalue weighted by Crippen LogP contribution is 2.52. The summed E-state index contributed by atoms with van der Waals surface area (Å²) in [5, 5.41) is 3.08. The molecular weight excluding hydrogens is 376 g/mol. The molecule has 6 nitrogen and oxygen atoms in total. The topological polar surface area (TPSA) is 55.9 Å². The first kappa shape index (κ1) is 21.2. The van der Waals surface area contributed by atoms with Crippen molar-refractivity contribution < 1.29 is 9.59 Å². The minimum absolute atomic E-state index is 0.118. The van der Waals surface area contributed by atoms with Gasteiger partial charge in [-0.2, -0.15) is 0 Å². The van der Waals surface area contributed by atoms with Gasteiger partial charge in [-0.05, 0) is 68.7 Å². The highest BCUT2D eigenvalue weighted by Gasteiger charge is 2.46. The number of carbonyl (C=O) groups excluding carboxylic acids is 2. The van der Waals surface area contributed by atoms with Crippen LogP contribution in [0.5, 0.6) is 0 Å². The second-order valence-electron chi connectivity index (χ2n) is 9.59. The highest BCUT2D eigenvalue weighted by molar-refractivity contribution is 5.77. The van der Waals surface area contributed by atoms with Gasteiger partial charge in [-0.25, -0.2) is 4.79 Å². The number of amides is 3. The van der Waals surface area contributed by atoms with Gasteiger partial charge in [-0.15, -0.1) is 0 Å². The van der Waals surface area contributed by atoms with Crippen molar-refractivity contribution in [3.8, 4) is 0 Å². The lowest BCUT2D eigenvalue weighted by molar-refractivity contribution is -0.121. The number of fused-ring (bicyclic) bond motifs is 2. The fraction of sp³-hybridized carbons (Fsp3) is 0.667. The molecule has 1 aromatic carbocycles. The summed E-state index contributed by atoms with van der Waals surface area (Å²) in [6.07, 6.45) is 5.86. The largest absolute Gasteiger partial charge is 0.355 e. The number of likely N-dealkylation sites (tertiary alicyclic amines) is 2. The number of hydrogen-bond donors (Lipinski definition) is 1. The number of piperidine rings is 1. The first-order valence-electron chi connectivity index (χ1n) is 11.5. The molecule has 2 heterocycles. The fourth-order valence-electron chi connectivity index (χ4n) is 5.63. The minimum Gasteiger partial charge on any atom is -0.355 e. The summed E-state index contributed by atoms with van der Waals surface area (Å²) in [6, 6.07) is 8.93. The quantitative estimate of drug-likeness (QED) is 0.809. The van der Waals surface area contributed by atoms with Crippen molar-refractivity contribution in [2.24, 2.45) is 0 Å². The van der Waals surface area contributed by atoms with Gasteiger partial charge in [-0.1, -0.05) is 24.3 Å². The molecule has 0 aromatic heterocycles. The Bertz CT molecular complexity index is 764. The average Bonchev–Trinajstić information content (AvgIpc) is 3.36. The molecule has 2 aliphatic heterocycles. The number of nitrogens with zero attached hydrogens (tertiary/aromatic N) is 3. The van der Waals surface area contributed by atoms with Gasteiger partial charge in [0.1, 0.15) is 0 Å². The van der Waals surface area contributed by atoms with E-state index in [1.807, 2.05) is 19.0 Å². The Balaban J connectivity index is 1.40. The molecule has 1 atom stereocenters. The van der Waals surface area contributed by atoms with Crippen LogP contribution in [0.1, 0.15) is 55.6 Å². The molecule has 0 saturated carbocycles. The van der Waals surface area contributed by atoms with Gasteiger partial charge in [0.2, 0.25) is 5.91 Å². The minimum atomic E-state index is 0.118. The number of carbonyl (C=O) groups is 2. The summed E-state index contributed by atoms with van der Waals surface area (Å²) >= 11 is 0. The Labute approximate surface area is 180 Å². The molecule has 2 saturated heterocycles. The molecule has 6 heteroatoms. The molecule has 1 aliphatic carbocycles. The van der Waals surface area contributed by atoms with E-state index < -0.39 is 0 Å². The second-order valence-corrected chi connectivity index (χ2v) is 9.59. The van der Waals surface area contributed by atoms with E-state index in [1.165, 1.54) is 11.1 Å². The molecule has 1 N–H and O–H groups in total. The van der Waals surface area contributed by atoms with Gasteiger partial charge in [0.15, 0.2) is 0 Å². The number of rotatable bonds is 5. The average molecular weight is 413 g/mol. The zero-order valence-corrected chi connectivity index (χ0v) is 18.5. The van der Waals surface area contributed by atoms with Crippen LogP contribution in [0.2, 0.25) is 0 Å². The van der Waals surface area contributed by atoms with Crippen molar-refractivity contribution in [2.45, 2.75) is 49.9 Å². The van der Waals surface area contributed by atoms with Crippen LogP contribution in [-0.4, -0.2) is 80.0 Å². The zero-order valence-electron chi connectivity index (χ0n) is 18.5. The van der Waals surface area contributed by atoms with E-state index in [2.05, 4.69) is 39.4 Å². The monoisotopic (exact) mass is 412 g/mol. The van der Waals surface area contributed by atoms with E-state index >= 15 is 0 Å². The Kier molecular flexibility index (Phi) is 6.32. The maximum absolute atomic E-state index is 12.8. The molecule has 4 rings (SSSR count). The van der Waals surface area contributed by atoms with Crippen LogP contribution in [0.3, 0.4) is 0 Å². The SMILES string of the molecule is CN(C)CCNC(=O)CC1CC2(CCN(C(=O)N3CCCC3)CC2)c2ccccc21. The summed E-state index contributed by atoms with van der Waals surface area (Å²) in [4.78, 5) is 31.5.